The van der Waals surface area contributed by atoms with Gasteiger partial charge >= 0.3 is 0 Å². The minimum atomic E-state index is -0.200. The lowest BCUT2D eigenvalue weighted by Crippen LogP contribution is -2.54. The van der Waals surface area contributed by atoms with E-state index in [-0.39, 0.29) is 36.2 Å². The monoisotopic (exact) mass is 315 g/mol. The van der Waals surface area contributed by atoms with E-state index in [1.54, 1.807) is 7.11 Å². The molecule has 6 heteroatoms. The van der Waals surface area contributed by atoms with Crippen LogP contribution in [0.5, 0.6) is 17.2 Å². The van der Waals surface area contributed by atoms with E-state index in [2.05, 4.69) is 11.0 Å². The predicted molar refractivity (Wildman–Crippen MR) is 77.9 cm³/mol. The summed E-state index contributed by atoms with van der Waals surface area (Å²) >= 11 is 0. The fraction of sp³-hybridized carbons (Fsp3) is 0.588. The van der Waals surface area contributed by atoms with Crippen molar-refractivity contribution in [2.75, 3.05) is 20.4 Å². The Morgan fingerprint density at radius 1 is 1.39 bits per heavy atom. The summed E-state index contributed by atoms with van der Waals surface area (Å²) in [7, 11) is 1.68. The van der Waals surface area contributed by atoms with E-state index in [9.17, 15) is 4.79 Å². The van der Waals surface area contributed by atoms with Gasteiger partial charge in [0.1, 0.15) is 12.2 Å². The normalized spacial score (nSPS) is 41.2. The number of hydrogen-bond acceptors (Lipinski definition) is 6. The van der Waals surface area contributed by atoms with E-state index in [1.807, 2.05) is 0 Å². The summed E-state index contributed by atoms with van der Waals surface area (Å²) in [6.45, 7) is 2.02. The zero-order chi connectivity index (χ0) is 15.3. The Bertz CT molecular complexity index is 762. The second-order valence-corrected chi connectivity index (χ2v) is 7.09. The number of ketones is 1. The van der Waals surface area contributed by atoms with Gasteiger partial charge in [0.25, 0.3) is 0 Å². The Hall–Kier alpha value is -1.79. The molecule has 2 bridgehead atoms. The quantitative estimate of drug-likeness (QED) is 0.720. The Kier molecular flexibility index (Phi) is 2.09. The highest BCUT2D eigenvalue weighted by Gasteiger charge is 2.70. The molecule has 0 amide bonds. The number of carbonyl (C=O) groups excluding carboxylic acids is 1. The molecule has 0 radical (unpaired) electrons. The molecule has 1 unspecified atom stereocenters. The van der Waals surface area contributed by atoms with Gasteiger partial charge in [0.15, 0.2) is 17.3 Å². The molecule has 0 aromatic heterocycles. The van der Waals surface area contributed by atoms with Crippen molar-refractivity contribution >= 4 is 5.78 Å². The molecule has 0 N–H and O–H groups in total. The zero-order valence-electron chi connectivity index (χ0n) is 12.8. The van der Waals surface area contributed by atoms with Gasteiger partial charge in [-0.1, -0.05) is 0 Å². The fourth-order valence-electron chi connectivity index (χ4n) is 5.37. The first-order valence-electron chi connectivity index (χ1n) is 8.16. The number of nitrogens with zero attached hydrogens (tertiary/aromatic N) is 1. The number of ether oxygens (including phenoxy) is 4. The van der Waals surface area contributed by atoms with Gasteiger partial charge in [0.2, 0.25) is 12.5 Å². The van der Waals surface area contributed by atoms with E-state index in [1.165, 1.54) is 11.1 Å². The highest BCUT2D eigenvalue weighted by atomic mass is 16.7. The van der Waals surface area contributed by atoms with Crippen LogP contribution in [0.2, 0.25) is 0 Å². The van der Waals surface area contributed by atoms with Crippen LogP contribution >= 0.6 is 0 Å². The highest BCUT2D eigenvalue weighted by molar-refractivity contribution is 5.89. The van der Waals surface area contributed by atoms with Gasteiger partial charge < -0.3 is 18.9 Å². The van der Waals surface area contributed by atoms with Crippen molar-refractivity contribution in [3.63, 3.8) is 0 Å². The van der Waals surface area contributed by atoms with Crippen LogP contribution in [0.25, 0.3) is 0 Å². The first kappa shape index (κ1) is 12.6. The van der Waals surface area contributed by atoms with Crippen LogP contribution in [0.1, 0.15) is 24.0 Å². The summed E-state index contributed by atoms with van der Waals surface area (Å²) < 4.78 is 22.8. The average molecular weight is 315 g/mol. The molecular formula is C17H17NO5. The van der Waals surface area contributed by atoms with Crippen molar-refractivity contribution in [1.82, 2.24) is 4.90 Å². The summed E-state index contributed by atoms with van der Waals surface area (Å²) in [4.78, 5) is 14.6. The molecule has 1 aliphatic carbocycles. The molecule has 5 atom stereocenters. The molecule has 4 heterocycles. The Morgan fingerprint density at radius 3 is 3.17 bits per heavy atom. The Balaban J connectivity index is 1.62. The molecule has 1 saturated carbocycles. The molecule has 5 aliphatic rings. The number of fused-ring (bicyclic) bond motifs is 3. The van der Waals surface area contributed by atoms with Crippen LogP contribution in [0, 0.1) is 0 Å². The number of rotatable bonds is 1. The van der Waals surface area contributed by atoms with Crippen molar-refractivity contribution in [2.24, 2.45) is 0 Å². The summed E-state index contributed by atoms with van der Waals surface area (Å²) in [5, 5.41) is 0. The minimum Gasteiger partial charge on any atom is -0.492 e. The molecule has 120 valence electrons. The number of epoxide rings is 1. The number of carbonyl (C=O) groups is 1. The third kappa shape index (κ3) is 1.29. The largest absolute Gasteiger partial charge is 0.492 e. The SMILES string of the molecule is COc1c2c(cc3c1OCO3)[C@@]13CCN(C2)[C@@H]1CC(=O)[C@H]1O[C@H]13. The molecule has 23 heavy (non-hydrogen) atoms. The van der Waals surface area contributed by atoms with E-state index in [0.29, 0.717) is 12.2 Å². The lowest BCUT2D eigenvalue weighted by molar-refractivity contribution is -0.122. The second-order valence-electron chi connectivity index (χ2n) is 7.09. The first-order chi connectivity index (χ1) is 11.2. The molecule has 6 rings (SSSR count). The summed E-state index contributed by atoms with van der Waals surface area (Å²) in [5.74, 6) is 2.51. The van der Waals surface area contributed by atoms with Crippen molar-refractivity contribution in [3.8, 4) is 17.2 Å². The van der Waals surface area contributed by atoms with Crippen molar-refractivity contribution in [1.29, 1.82) is 0 Å². The molecule has 6 nitrogen and oxygen atoms in total. The topological polar surface area (TPSA) is 60.5 Å². The maximum absolute atomic E-state index is 12.2. The van der Waals surface area contributed by atoms with Gasteiger partial charge in [-0.2, -0.15) is 0 Å². The molecule has 1 aromatic carbocycles. The summed E-state index contributed by atoms with van der Waals surface area (Å²) in [5.41, 5.74) is 2.33. The average Bonchev–Trinajstić information content (AvgIpc) is 3.17. The van der Waals surface area contributed by atoms with Crippen LogP contribution < -0.4 is 14.2 Å². The van der Waals surface area contributed by atoms with Crippen molar-refractivity contribution in [3.05, 3.63) is 17.2 Å². The smallest absolute Gasteiger partial charge is 0.231 e. The van der Waals surface area contributed by atoms with E-state index < -0.39 is 0 Å². The van der Waals surface area contributed by atoms with Gasteiger partial charge in [0, 0.05) is 30.0 Å². The van der Waals surface area contributed by atoms with Gasteiger partial charge in [-0.05, 0) is 24.6 Å². The van der Waals surface area contributed by atoms with Crippen LogP contribution in [-0.2, 0) is 21.5 Å². The minimum absolute atomic E-state index is 0.0166. The Morgan fingerprint density at radius 2 is 2.30 bits per heavy atom. The third-order valence-corrected chi connectivity index (χ3v) is 6.35. The van der Waals surface area contributed by atoms with Gasteiger partial charge in [-0.25, -0.2) is 0 Å². The van der Waals surface area contributed by atoms with Crippen LogP contribution in [-0.4, -0.2) is 49.4 Å². The Labute approximate surface area is 133 Å². The van der Waals surface area contributed by atoms with Crippen molar-refractivity contribution in [2.45, 2.75) is 43.1 Å². The number of methoxy groups -OCH3 is 1. The molecule has 3 fully saturated rings. The number of Topliss-reactive ketones (excluding diaryl/α,β-unsaturated/α-hetero) is 1. The van der Waals surface area contributed by atoms with Crippen LogP contribution in [0.4, 0.5) is 0 Å². The standard InChI is InChI=1S/C17H17NO5/c1-20-13-8-6-18-3-2-17(9(8)4-11-15(13)22-7-21-11)12(18)5-10(19)14-16(17)23-14/h4,12,14,16H,2-3,5-7H2,1H3/t12-,14-,16-,17+/m1/s1. The van der Waals surface area contributed by atoms with E-state index >= 15 is 0 Å². The van der Waals surface area contributed by atoms with Crippen molar-refractivity contribution < 1.29 is 23.7 Å². The molecular weight excluding hydrogens is 298 g/mol. The maximum Gasteiger partial charge on any atom is 0.231 e. The lowest BCUT2D eigenvalue weighted by atomic mass is 9.63. The zero-order valence-corrected chi connectivity index (χ0v) is 12.8. The maximum atomic E-state index is 12.2. The van der Waals surface area contributed by atoms with Gasteiger partial charge in [-0.15, -0.1) is 0 Å². The molecule has 2 saturated heterocycles. The molecule has 4 aliphatic heterocycles. The number of benzene rings is 1. The predicted octanol–water partition coefficient (Wildman–Crippen LogP) is 0.990. The molecule has 1 aromatic rings. The summed E-state index contributed by atoms with van der Waals surface area (Å²) in [6.07, 6.45) is 1.44. The number of hydrogen-bond donors (Lipinski definition) is 0. The van der Waals surface area contributed by atoms with Gasteiger partial charge in [0.05, 0.1) is 7.11 Å². The van der Waals surface area contributed by atoms with E-state index in [0.717, 1.165) is 31.0 Å². The van der Waals surface area contributed by atoms with Crippen LogP contribution in [0.3, 0.4) is 0 Å². The highest BCUT2D eigenvalue weighted by Crippen LogP contribution is 2.62. The van der Waals surface area contributed by atoms with Crippen LogP contribution in [0.15, 0.2) is 6.07 Å². The van der Waals surface area contributed by atoms with E-state index in [4.69, 9.17) is 18.9 Å². The molecule has 0 spiro atoms. The first-order valence-corrected chi connectivity index (χ1v) is 8.16. The second kappa shape index (κ2) is 3.82. The van der Waals surface area contributed by atoms with Gasteiger partial charge in [-0.3, -0.25) is 9.69 Å². The third-order valence-electron chi connectivity index (χ3n) is 6.35. The lowest BCUT2D eigenvalue weighted by Gasteiger charge is -2.45. The summed E-state index contributed by atoms with van der Waals surface area (Å²) in [6, 6.07) is 2.36. The fourth-order valence-corrected chi connectivity index (χ4v) is 5.37.